The van der Waals surface area contributed by atoms with Gasteiger partial charge in [-0.2, -0.15) is 0 Å². The number of hydrogen-bond acceptors (Lipinski definition) is 5. The van der Waals surface area contributed by atoms with Gasteiger partial charge in [0.25, 0.3) is 5.91 Å². The average Bonchev–Trinajstić information content (AvgIpc) is 2.61. The molecule has 0 saturated carbocycles. The Morgan fingerprint density at radius 2 is 1.77 bits per heavy atom. The molecule has 0 fully saturated rings. The van der Waals surface area contributed by atoms with Crippen molar-refractivity contribution in [3.63, 3.8) is 0 Å². The van der Waals surface area contributed by atoms with Crippen molar-refractivity contribution in [2.45, 2.75) is 32.5 Å². The van der Waals surface area contributed by atoms with Crippen LogP contribution in [0.3, 0.4) is 0 Å². The van der Waals surface area contributed by atoms with Crippen LogP contribution >= 0.6 is 0 Å². The van der Waals surface area contributed by atoms with Crippen molar-refractivity contribution >= 4 is 11.9 Å². The minimum absolute atomic E-state index is 0.129. The molecule has 1 aromatic heterocycles. The van der Waals surface area contributed by atoms with Crippen molar-refractivity contribution < 1.29 is 19.1 Å². The van der Waals surface area contributed by atoms with Crippen LogP contribution in [-0.4, -0.2) is 36.6 Å². The fraction of sp³-hybridized carbons (Fsp3) is 0.350. The van der Waals surface area contributed by atoms with E-state index in [0.717, 1.165) is 5.56 Å². The van der Waals surface area contributed by atoms with Crippen molar-refractivity contribution in [2.75, 3.05) is 14.2 Å². The smallest absolute Gasteiger partial charge is 0.338 e. The highest BCUT2D eigenvalue weighted by Crippen LogP contribution is 2.25. The molecule has 1 N–H and O–H groups in total. The van der Waals surface area contributed by atoms with E-state index in [4.69, 9.17) is 9.47 Å². The van der Waals surface area contributed by atoms with E-state index in [1.165, 1.54) is 13.1 Å². The molecule has 0 spiro atoms. The second-order valence-electron chi connectivity index (χ2n) is 6.77. The molecule has 26 heavy (non-hydrogen) atoms. The molecule has 6 nitrogen and oxygen atoms in total. The van der Waals surface area contributed by atoms with Crippen LogP contribution in [0.5, 0.6) is 0 Å². The van der Waals surface area contributed by atoms with Gasteiger partial charge in [0, 0.05) is 14.2 Å². The minimum Gasteiger partial charge on any atom is -0.456 e. The van der Waals surface area contributed by atoms with Gasteiger partial charge in [0.05, 0.1) is 11.3 Å². The number of carbonyl (C=O) groups excluding carboxylic acids is 2. The third-order valence-electron chi connectivity index (χ3n) is 3.55. The number of methoxy groups -OCH3 is 1. The normalized spacial score (nSPS) is 12.3. The van der Waals surface area contributed by atoms with Gasteiger partial charge in [0.15, 0.2) is 0 Å². The summed E-state index contributed by atoms with van der Waals surface area (Å²) in [7, 11) is 3.06. The Bertz CT molecular complexity index is 782. The van der Waals surface area contributed by atoms with Gasteiger partial charge in [-0.05, 0) is 38.5 Å². The monoisotopic (exact) mass is 356 g/mol. The highest BCUT2D eigenvalue weighted by atomic mass is 16.6. The molecule has 0 bridgehead atoms. The summed E-state index contributed by atoms with van der Waals surface area (Å²) in [5, 5.41) is 2.53. The zero-order valence-electron chi connectivity index (χ0n) is 15.7. The SMILES string of the molecule is CNC(=O)c1cc(C(=O)OC(C)(C)C)cc(C(OC)c2ccccc2)n1. The van der Waals surface area contributed by atoms with Crippen LogP contribution < -0.4 is 5.32 Å². The van der Waals surface area contributed by atoms with Gasteiger partial charge in [-0.1, -0.05) is 30.3 Å². The van der Waals surface area contributed by atoms with Crippen LogP contribution in [0.2, 0.25) is 0 Å². The number of carbonyl (C=O) groups is 2. The first-order valence-electron chi connectivity index (χ1n) is 8.30. The Kier molecular flexibility index (Phi) is 6.10. The summed E-state index contributed by atoms with van der Waals surface area (Å²) in [6, 6.07) is 12.5. The van der Waals surface area contributed by atoms with Gasteiger partial charge in [-0.25, -0.2) is 9.78 Å². The molecule has 0 aliphatic rings. The molecule has 1 unspecified atom stereocenters. The maximum Gasteiger partial charge on any atom is 0.338 e. The van der Waals surface area contributed by atoms with Crippen LogP contribution in [0, 0.1) is 0 Å². The third kappa shape index (κ3) is 4.89. The summed E-state index contributed by atoms with van der Waals surface area (Å²) in [6.45, 7) is 5.36. The Labute approximate surface area is 153 Å². The van der Waals surface area contributed by atoms with Crippen molar-refractivity contribution in [1.82, 2.24) is 10.3 Å². The molecule has 1 aromatic carbocycles. The highest BCUT2D eigenvalue weighted by molar-refractivity contribution is 5.96. The Hall–Kier alpha value is -2.73. The summed E-state index contributed by atoms with van der Waals surface area (Å²) in [4.78, 5) is 29.0. The first kappa shape index (κ1) is 19.6. The number of ether oxygens (including phenoxy) is 2. The number of benzene rings is 1. The van der Waals surface area contributed by atoms with E-state index >= 15 is 0 Å². The Morgan fingerprint density at radius 1 is 1.12 bits per heavy atom. The van der Waals surface area contributed by atoms with E-state index in [9.17, 15) is 9.59 Å². The summed E-state index contributed by atoms with van der Waals surface area (Å²) in [5.74, 6) is -0.909. The molecule has 138 valence electrons. The van der Waals surface area contributed by atoms with Crippen LogP contribution in [0.1, 0.15) is 59.0 Å². The first-order valence-corrected chi connectivity index (χ1v) is 8.30. The Balaban J connectivity index is 2.52. The molecule has 6 heteroatoms. The molecular formula is C20H24N2O4. The number of esters is 1. The minimum atomic E-state index is -0.645. The molecular weight excluding hydrogens is 332 g/mol. The fourth-order valence-electron chi connectivity index (χ4n) is 2.44. The summed E-state index contributed by atoms with van der Waals surface area (Å²) >= 11 is 0. The zero-order chi connectivity index (χ0) is 19.3. The zero-order valence-corrected chi connectivity index (χ0v) is 15.7. The largest absolute Gasteiger partial charge is 0.456 e. The lowest BCUT2D eigenvalue weighted by molar-refractivity contribution is 0.00689. The molecule has 1 amide bonds. The van der Waals surface area contributed by atoms with Gasteiger partial charge in [-0.15, -0.1) is 0 Å². The van der Waals surface area contributed by atoms with E-state index in [2.05, 4.69) is 10.3 Å². The van der Waals surface area contributed by atoms with Crippen LogP contribution in [0.4, 0.5) is 0 Å². The van der Waals surface area contributed by atoms with E-state index in [0.29, 0.717) is 5.69 Å². The number of nitrogens with one attached hydrogen (secondary N) is 1. The van der Waals surface area contributed by atoms with Gasteiger partial charge in [0.2, 0.25) is 0 Å². The number of nitrogens with zero attached hydrogens (tertiary/aromatic N) is 1. The lowest BCUT2D eigenvalue weighted by Gasteiger charge is -2.21. The van der Waals surface area contributed by atoms with Crippen LogP contribution in [0.25, 0.3) is 0 Å². The number of hydrogen-bond donors (Lipinski definition) is 1. The average molecular weight is 356 g/mol. The summed E-state index contributed by atoms with van der Waals surface area (Å²) in [6.07, 6.45) is -0.512. The maximum absolute atomic E-state index is 12.5. The Morgan fingerprint density at radius 3 is 2.31 bits per heavy atom. The van der Waals surface area contributed by atoms with Gasteiger partial charge >= 0.3 is 5.97 Å². The predicted octanol–water partition coefficient (Wildman–Crippen LogP) is 3.13. The topological polar surface area (TPSA) is 77.5 Å². The third-order valence-corrected chi connectivity index (χ3v) is 3.55. The molecule has 0 aliphatic carbocycles. The number of amides is 1. The standard InChI is InChI=1S/C20H24N2O4/c1-20(2,3)26-19(24)14-11-15(22-16(12-14)18(23)21-4)17(25-5)13-9-7-6-8-10-13/h6-12,17H,1-5H3,(H,21,23). The molecule has 1 heterocycles. The molecule has 2 aromatic rings. The molecule has 1 atom stereocenters. The second-order valence-corrected chi connectivity index (χ2v) is 6.77. The van der Waals surface area contributed by atoms with Gasteiger partial charge < -0.3 is 14.8 Å². The number of aromatic nitrogens is 1. The van der Waals surface area contributed by atoms with E-state index in [1.54, 1.807) is 33.9 Å². The number of pyridine rings is 1. The van der Waals surface area contributed by atoms with Crippen LogP contribution in [0.15, 0.2) is 42.5 Å². The quantitative estimate of drug-likeness (QED) is 0.833. The summed E-state index contributed by atoms with van der Waals surface area (Å²) < 4.78 is 11.0. The van der Waals surface area contributed by atoms with Crippen LogP contribution in [-0.2, 0) is 9.47 Å². The van der Waals surface area contributed by atoms with E-state index in [1.807, 2.05) is 30.3 Å². The molecule has 0 radical (unpaired) electrons. The van der Waals surface area contributed by atoms with Gasteiger partial charge in [0.1, 0.15) is 17.4 Å². The maximum atomic E-state index is 12.5. The summed E-state index contributed by atoms with van der Waals surface area (Å²) in [5.41, 5.74) is 1.06. The number of rotatable bonds is 5. The van der Waals surface area contributed by atoms with E-state index in [-0.39, 0.29) is 17.2 Å². The fourth-order valence-corrected chi connectivity index (χ4v) is 2.44. The molecule has 0 saturated heterocycles. The second kappa shape index (κ2) is 8.10. The molecule has 0 aliphatic heterocycles. The van der Waals surface area contributed by atoms with Crippen molar-refractivity contribution in [2.24, 2.45) is 0 Å². The van der Waals surface area contributed by atoms with Crippen molar-refractivity contribution in [3.8, 4) is 0 Å². The lowest BCUT2D eigenvalue weighted by Crippen LogP contribution is -2.25. The lowest BCUT2D eigenvalue weighted by atomic mass is 10.0. The van der Waals surface area contributed by atoms with Crippen molar-refractivity contribution in [1.29, 1.82) is 0 Å². The highest BCUT2D eigenvalue weighted by Gasteiger charge is 2.23. The van der Waals surface area contributed by atoms with Gasteiger partial charge in [-0.3, -0.25) is 4.79 Å². The first-order chi connectivity index (χ1) is 12.2. The molecule has 2 rings (SSSR count). The van der Waals surface area contributed by atoms with E-state index < -0.39 is 17.7 Å². The van der Waals surface area contributed by atoms with Crippen molar-refractivity contribution in [3.05, 3.63) is 65.0 Å². The predicted molar refractivity (Wildman–Crippen MR) is 98.1 cm³/mol.